The summed E-state index contributed by atoms with van der Waals surface area (Å²) in [5, 5.41) is 6.14. The monoisotopic (exact) mass is 843 g/mol. The SMILES string of the molecule is CCCOC(=O)[C@H](C)N[P@](=O)(Oc1ccccc1)[C@@H](F)c1ccc2sc(C(=O)N[C@H]3CCCC[C@H]4CC[C@@H](C(=O)N5C[C@@H](c6cccnc6)CC56CC6)N4C3=O)cc2c1. The van der Waals surface area contributed by atoms with Crippen LogP contribution in [0.2, 0.25) is 0 Å². The fourth-order valence-corrected chi connectivity index (χ4v) is 11.9. The lowest BCUT2D eigenvalue weighted by molar-refractivity contribution is -0.148. The number of carbonyl (C=O) groups excluding carboxylic acids is 4. The maximum Gasteiger partial charge on any atom is 0.355 e. The molecule has 15 heteroatoms. The molecule has 0 radical (unpaired) electrons. The third kappa shape index (κ3) is 8.54. The molecule has 12 nitrogen and oxygen atoms in total. The summed E-state index contributed by atoms with van der Waals surface area (Å²) in [4.78, 5) is 63.9. The van der Waals surface area contributed by atoms with Gasteiger partial charge in [-0.15, -0.1) is 11.3 Å². The van der Waals surface area contributed by atoms with E-state index in [2.05, 4.69) is 26.4 Å². The largest absolute Gasteiger partial charge is 0.465 e. The number of aromatic nitrogens is 1. The van der Waals surface area contributed by atoms with Crippen LogP contribution in [0.25, 0.3) is 10.1 Å². The molecule has 312 valence electrons. The Labute approximate surface area is 347 Å². The number of alkyl halides is 1. The molecule has 4 aliphatic rings. The summed E-state index contributed by atoms with van der Waals surface area (Å²) in [7, 11) is -4.44. The molecule has 0 bridgehead atoms. The van der Waals surface area contributed by atoms with Crippen molar-refractivity contribution in [3.8, 4) is 5.75 Å². The van der Waals surface area contributed by atoms with Gasteiger partial charge in [0.1, 0.15) is 23.9 Å². The Hall–Kier alpha value is -4.65. The van der Waals surface area contributed by atoms with Gasteiger partial charge in [0.25, 0.3) is 5.91 Å². The first kappa shape index (κ1) is 41.1. The minimum Gasteiger partial charge on any atom is -0.465 e. The highest BCUT2D eigenvalue weighted by Gasteiger charge is 2.58. The molecular weight excluding hydrogens is 793 g/mol. The molecule has 3 amide bonds. The van der Waals surface area contributed by atoms with Crippen LogP contribution in [0.3, 0.4) is 0 Å². The number of esters is 1. The van der Waals surface area contributed by atoms with Crippen LogP contribution in [-0.4, -0.2) is 81.3 Å². The lowest BCUT2D eigenvalue weighted by Gasteiger charge is -2.37. The number of nitrogens with one attached hydrogen (secondary N) is 2. The molecule has 1 saturated carbocycles. The number of benzene rings is 2. The van der Waals surface area contributed by atoms with E-state index in [1.54, 1.807) is 53.6 Å². The quantitative estimate of drug-likeness (QED) is 0.101. The smallest absolute Gasteiger partial charge is 0.355 e. The number of hydrogen-bond donors (Lipinski definition) is 2. The van der Waals surface area contributed by atoms with E-state index in [0.717, 1.165) is 50.5 Å². The van der Waals surface area contributed by atoms with E-state index in [1.165, 1.54) is 30.4 Å². The van der Waals surface area contributed by atoms with Crippen LogP contribution in [0, 0.1) is 0 Å². The number of fused-ring (bicyclic) bond motifs is 2. The maximum atomic E-state index is 16.5. The van der Waals surface area contributed by atoms with E-state index < -0.39 is 43.4 Å². The fraction of sp³-hybridized carbons (Fsp3) is 0.477. The van der Waals surface area contributed by atoms with Gasteiger partial charge in [0.2, 0.25) is 17.7 Å². The van der Waals surface area contributed by atoms with Crippen molar-refractivity contribution in [2.45, 2.75) is 120 Å². The topological polar surface area (TPSA) is 147 Å². The third-order valence-corrected chi connectivity index (χ3v) is 15.5. The Balaban J connectivity index is 0.980. The number of ether oxygens (including phenoxy) is 1. The summed E-state index contributed by atoms with van der Waals surface area (Å²) in [5.74, 6) is -3.13. The summed E-state index contributed by atoms with van der Waals surface area (Å²) in [6.07, 6.45) is 11.4. The van der Waals surface area contributed by atoms with Crippen LogP contribution >= 0.6 is 18.9 Å². The van der Waals surface area contributed by atoms with Gasteiger partial charge in [-0.3, -0.25) is 28.7 Å². The number of halogens is 1. The van der Waals surface area contributed by atoms with Gasteiger partial charge in [-0.2, -0.15) is 0 Å². The average Bonchev–Trinajstić information content (AvgIpc) is 3.53. The highest BCUT2D eigenvalue weighted by molar-refractivity contribution is 7.57. The molecular formula is C44H51FN5O7PS. The molecule has 2 aromatic heterocycles. The van der Waals surface area contributed by atoms with E-state index in [0.29, 0.717) is 40.8 Å². The molecule has 1 spiro atoms. The van der Waals surface area contributed by atoms with Gasteiger partial charge in [0, 0.05) is 41.1 Å². The predicted octanol–water partition coefficient (Wildman–Crippen LogP) is 8.05. The number of hydrogen-bond acceptors (Lipinski definition) is 9. The van der Waals surface area contributed by atoms with Crippen LogP contribution in [0.5, 0.6) is 5.75 Å². The first-order chi connectivity index (χ1) is 28.5. The first-order valence-electron chi connectivity index (χ1n) is 20.8. The van der Waals surface area contributed by atoms with Gasteiger partial charge in [0.15, 0.2) is 0 Å². The van der Waals surface area contributed by atoms with Gasteiger partial charge in [-0.05, 0) is 111 Å². The van der Waals surface area contributed by atoms with Crippen LogP contribution in [0.15, 0.2) is 79.1 Å². The molecule has 7 atom stereocenters. The van der Waals surface area contributed by atoms with Gasteiger partial charge >= 0.3 is 13.5 Å². The van der Waals surface area contributed by atoms with Crippen LogP contribution < -0.4 is 14.9 Å². The van der Waals surface area contributed by atoms with E-state index in [4.69, 9.17) is 9.26 Å². The molecule has 1 aliphatic carbocycles. The molecule has 3 saturated heterocycles. The summed E-state index contributed by atoms with van der Waals surface area (Å²) < 4.78 is 42.5. The lowest BCUT2D eigenvalue weighted by Crippen LogP contribution is -2.57. The molecule has 0 unspecified atom stereocenters. The molecule has 4 aromatic rings. The fourth-order valence-electron chi connectivity index (χ4n) is 9.09. The second-order valence-corrected chi connectivity index (χ2v) is 19.6. The maximum absolute atomic E-state index is 16.5. The normalized spacial score (nSPS) is 24.4. The minimum absolute atomic E-state index is 0.0154. The molecule has 3 aliphatic heterocycles. The summed E-state index contributed by atoms with van der Waals surface area (Å²) in [6, 6.07) is 15.9. The summed E-state index contributed by atoms with van der Waals surface area (Å²) >= 11 is 1.20. The number of pyridine rings is 1. The van der Waals surface area contributed by atoms with Crippen LogP contribution in [0.4, 0.5) is 4.39 Å². The van der Waals surface area contributed by atoms with E-state index in [1.807, 2.05) is 19.2 Å². The highest BCUT2D eigenvalue weighted by Crippen LogP contribution is 2.58. The van der Waals surface area contributed by atoms with Gasteiger partial charge in [0.05, 0.1) is 11.5 Å². The average molecular weight is 844 g/mol. The van der Waals surface area contributed by atoms with Crippen molar-refractivity contribution in [3.05, 3.63) is 95.1 Å². The minimum atomic E-state index is -4.44. The Bertz CT molecular complexity index is 2240. The zero-order chi connectivity index (χ0) is 41.3. The van der Waals surface area contributed by atoms with E-state index >= 15 is 4.39 Å². The standard InChI is InChI=1S/C44H51FN5O7PS/c1-3-22-56-43(54)28(2)48-58(55,57-34-12-5-4-6-13-34)39(45)29-15-18-37-31(23-29)24-38(59-37)40(51)47-35-14-8-7-11-33-16-17-36(50(33)41(35)52)42(53)49-27-32(25-44(49)19-20-44)30-10-9-21-46-26-30/h4-6,9-10,12-13,15,18,21,23-24,26,28,32-33,35-36,39H,3,7-8,11,14,16-17,19-20,22,25,27H2,1-2H3,(H,47,51)(H,48,55)/t28-,32-,33-,35-,36-,39+,58+/m0/s1. The van der Waals surface area contributed by atoms with Crippen molar-refractivity contribution >= 4 is 52.6 Å². The Morgan fingerprint density at radius 1 is 1.03 bits per heavy atom. The highest BCUT2D eigenvalue weighted by atomic mass is 32.1. The molecule has 8 rings (SSSR count). The molecule has 5 heterocycles. The molecule has 2 aromatic carbocycles. The third-order valence-electron chi connectivity index (χ3n) is 12.3. The van der Waals surface area contributed by atoms with Gasteiger partial charge < -0.3 is 24.4 Å². The second kappa shape index (κ2) is 17.1. The number of amides is 3. The number of nitrogens with zero attached hydrogens (tertiary/aromatic N) is 3. The Morgan fingerprint density at radius 3 is 2.58 bits per heavy atom. The van der Waals surface area contributed by atoms with E-state index in [9.17, 15) is 23.7 Å². The number of carbonyl (C=O) groups is 4. The predicted molar refractivity (Wildman–Crippen MR) is 223 cm³/mol. The molecule has 4 fully saturated rings. The van der Waals surface area contributed by atoms with Crippen molar-refractivity contribution < 1.29 is 37.4 Å². The van der Waals surface area contributed by atoms with Crippen molar-refractivity contribution in [1.82, 2.24) is 25.2 Å². The zero-order valence-corrected chi connectivity index (χ0v) is 35.1. The van der Waals surface area contributed by atoms with Crippen molar-refractivity contribution in [3.63, 3.8) is 0 Å². The number of para-hydroxylation sites is 1. The first-order valence-corrected chi connectivity index (χ1v) is 23.3. The van der Waals surface area contributed by atoms with E-state index in [-0.39, 0.29) is 47.2 Å². The van der Waals surface area contributed by atoms with Gasteiger partial charge in [-0.25, -0.2) is 9.48 Å². The van der Waals surface area contributed by atoms with Crippen molar-refractivity contribution in [2.24, 2.45) is 0 Å². The lowest BCUT2D eigenvalue weighted by atomic mass is 9.97. The van der Waals surface area contributed by atoms with Crippen molar-refractivity contribution in [1.29, 1.82) is 0 Å². The summed E-state index contributed by atoms with van der Waals surface area (Å²) in [6.45, 7) is 4.07. The molecule has 2 N–H and O–H groups in total. The Morgan fingerprint density at radius 2 is 1.83 bits per heavy atom. The van der Waals surface area contributed by atoms with Crippen LogP contribution in [-0.2, 0) is 23.7 Å². The summed E-state index contributed by atoms with van der Waals surface area (Å²) in [5.41, 5.74) is 1.02. The molecule has 59 heavy (non-hydrogen) atoms. The number of thiophene rings is 1. The Kier molecular flexibility index (Phi) is 11.9. The zero-order valence-electron chi connectivity index (χ0n) is 33.4. The second-order valence-electron chi connectivity index (χ2n) is 16.4. The number of rotatable bonds is 13. The van der Waals surface area contributed by atoms with Crippen LogP contribution in [0.1, 0.15) is 111 Å². The van der Waals surface area contributed by atoms with Gasteiger partial charge in [-0.1, -0.05) is 50.1 Å². The number of likely N-dealkylation sites (tertiary alicyclic amines) is 1. The van der Waals surface area contributed by atoms with Crippen molar-refractivity contribution in [2.75, 3.05) is 13.2 Å².